The third-order valence-electron chi connectivity index (χ3n) is 3.92. The SMILES string of the molecule is Cc1cnc2nn(CC(=O)N[C@@H](C)c3ccc(OC(F)(F)F)c(F)c3)c(=O)n2c1. The summed E-state index contributed by atoms with van der Waals surface area (Å²) in [6.07, 6.45) is -1.96. The zero-order valence-corrected chi connectivity index (χ0v) is 15.2. The zero-order chi connectivity index (χ0) is 21.3. The lowest BCUT2D eigenvalue weighted by Crippen LogP contribution is -2.34. The lowest BCUT2D eigenvalue weighted by atomic mass is 10.1. The number of carbonyl (C=O) groups is 1. The number of rotatable bonds is 5. The topological polar surface area (TPSA) is 90.5 Å². The van der Waals surface area contributed by atoms with Gasteiger partial charge in [-0.2, -0.15) is 0 Å². The van der Waals surface area contributed by atoms with Gasteiger partial charge in [0.05, 0.1) is 6.04 Å². The normalized spacial score (nSPS) is 12.8. The molecule has 29 heavy (non-hydrogen) atoms. The molecular formula is C17H15F4N5O3. The van der Waals surface area contributed by atoms with Gasteiger partial charge in [-0.05, 0) is 37.1 Å². The number of benzene rings is 1. The highest BCUT2D eigenvalue weighted by Crippen LogP contribution is 2.27. The number of fused-ring (bicyclic) bond motifs is 1. The first-order valence-corrected chi connectivity index (χ1v) is 8.30. The lowest BCUT2D eigenvalue weighted by Gasteiger charge is -2.16. The highest BCUT2D eigenvalue weighted by molar-refractivity contribution is 5.76. The van der Waals surface area contributed by atoms with E-state index < -0.39 is 42.1 Å². The Hall–Kier alpha value is -3.44. The Morgan fingerprint density at radius 2 is 2.07 bits per heavy atom. The summed E-state index contributed by atoms with van der Waals surface area (Å²) in [4.78, 5) is 28.5. The minimum absolute atomic E-state index is 0.128. The molecule has 12 heteroatoms. The molecule has 1 atom stereocenters. The number of nitrogens with one attached hydrogen (secondary N) is 1. The number of ether oxygens (including phenoxy) is 1. The van der Waals surface area contributed by atoms with Crippen molar-refractivity contribution in [1.82, 2.24) is 24.5 Å². The molecule has 1 amide bonds. The maximum absolute atomic E-state index is 13.8. The molecule has 3 rings (SSSR count). The summed E-state index contributed by atoms with van der Waals surface area (Å²) in [7, 11) is 0. The summed E-state index contributed by atoms with van der Waals surface area (Å²) in [5.41, 5.74) is 0.390. The summed E-state index contributed by atoms with van der Waals surface area (Å²) < 4.78 is 56.1. The summed E-state index contributed by atoms with van der Waals surface area (Å²) in [6, 6.07) is 2.10. The van der Waals surface area contributed by atoms with Gasteiger partial charge in [-0.15, -0.1) is 18.3 Å². The van der Waals surface area contributed by atoms with Crippen LogP contribution in [0.1, 0.15) is 24.1 Å². The van der Waals surface area contributed by atoms with E-state index in [1.54, 1.807) is 6.92 Å². The Balaban J connectivity index is 1.70. The molecule has 0 saturated carbocycles. The molecule has 1 aromatic carbocycles. The van der Waals surface area contributed by atoms with Crippen LogP contribution in [-0.2, 0) is 11.3 Å². The third-order valence-corrected chi connectivity index (χ3v) is 3.92. The van der Waals surface area contributed by atoms with Crippen LogP contribution < -0.4 is 15.7 Å². The van der Waals surface area contributed by atoms with Crippen LogP contribution in [0.3, 0.4) is 0 Å². The van der Waals surface area contributed by atoms with Gasteiger partial charge in [0, 0.05) is 12.4 Å². The van der Waals surface area contributed by atoms with Crippen LogP contribution in [0.4, 0.5) is 17.6 Å². The molecule has 154 valence electrons. The number of hydrogen-bond acceptors (Lipinski definition) is 5. The minimum atomic E-state index is -5.02. The van der Waals surface area contributed by atoms with E-state index in [9.17, 15) is 27.2 Å². The Morgan fingerprint density at radius 3 is 2.72 bits per heavy atom. The van der Waals surface area contributed by atoms with Crippen molar-refractivity contribution in [3.63, 3.8) is 0 Å². The van der Waals surface area contributed by atoms with Gasteiger partial charge in [0.15, 0.2) is 11.6 Å². The van der Waals surface area contributed by atoms with E-state index in [4.69, 9.17) is 0 Å². The molecule has 2 heterocycles. The zero-order valence-electron chi connectivity index (χ0n) is 15.2. The second-order valence-electron chi connectivity index (χ2n) is 6.27. The maximum Gasteiger partial charge on any atom is 0.573 e. The predicted octanol–water partition coefficient (Wildman–Crippen LogP) is 2.11. The molecule has 2 aromatic heterocycles. The van der Waals surface area contributed by atoms with Crippen molar-refractivity contribution in [3.8, 4) is 5.75 Å². The largest absolute Gasteiger partial charge is 0.573 e. The van der Waals surface area contributed by atoms with Crippen molar-refractivity contribution >= 4 is 11.7 Å². The first kappa shape index (κ1) is 20.3. The molecule has 0 spiro atoms. The summed E-state index contributed by atoms with van der Waals surface area (Å²) in [5.74, 6) is -2.67. The first-order chi connectivity index (χ1) is 13.5. The molecule has 0 unspecified atom stereocenters. The van der Waals surface area contributed by atoms with Gasteiger partial charge in [-0.1, -0.05) is 6.07 Å². The van der Waals surface area contributed by atoms with E-state index in [1.165, 1.54) is 29.8 Å². The fourth-order valence-electron chi connectivity index (χ4n) is 2.61. The molecule has 0 aliphatic carbocycles. The monoisotopic (exact) mass is 413 g/mol. The van der Waals surface area contributed by atoms with Gasteiger partial charge in [0.25, 0.3) is 5.78 Å². The number of aryl methyl sites for hydroxylation is 1. The first-order valence-electron chi connectivity index (χ1n) is 8.30. The average molecular weight is 413 g/mol. The van der Waals surface area contributed by atoms with Crippen LogP contribution >= 0.6 is 0 Å². The van der Waals surface area contributed by atoms with Gasteiger partial charge >= 0.3 is 12.1 Å². The van der Waals surface area contributed by atoms with Crippen molar-refractivity contribution < 1.29 is 27.1 Å². The summed E-state index contributed by atoms with van der Waals surface area (Å²) >= 11 is 0. The molecule has 0 aliphatic heterocycles. The molecule has 0 fully saturated rings. The molecule has 1 N–H and O–H groups in total. The van der Waals surface area contributed by atoms with Crippen molar-refractivity contribution in [2.24, 2.45) is 0 Å². The minimum Gasteiger partial charge on any atom is -0.403 e. The standard InChI is InChI=1S/C17H15F4N5O3/c1-9-6-22-15-24-26(16(28)25(15)7-9)8-14(27)23-10(2)11-3-4-13(12(18)5-11)29-17(19,20)21/h3-7,10H,8H2,1-2H3,(H,23,27)/t10-/m0/s1. The van der Waals surface area contributed by atoms with E-state index in [2.05, 4.69) is 20.1 Å². The van der Waals surface area contributed by atoms with Gasteiger partial charge in [-0.3, -0.25) is 4.79 Å². The van der Waals surface area contributed by atoms with Gasteiger partial charge in [0.2, 0.25) is 5.91 Å². The molecule has 0 aliphatic rings. The fourth-order valence-corrected chi connectivity index (χ4v) is 2.61. The second-order valence-corrected chi connectivity index (χ2v) is 6.27. The van der Waals surface area contributed by atoms with Crippen molar-refractivity contribution in [3.05, 3.63) is 58.0 Å². The van der Waals surface area contributed by atoms with Crippen LogP contribution in [0.15, 0.2) is 35.4 Å². The molecule has 8 nitrogen and oxygen atoms in total. The van der Waals surface area contributed by atoms with Crippen LogP contribution in [0, 0.1) is 12.7 Å². The second kappa shape index (κ2) is 7.53. The number of carbonyl (C=O) groups excluding carboxylic acids is 1. The van der Waals surface area contributed by atoms with E-state index in [-0.39, 0.29) is 11.3 Å². The quantitative estimate of drug-likeness (QED) is 0.647. The van der Waals surface area contributed by atoms with E-state index in [0.717, 1.165) is 22.4 Å². The fraction of sp³-hybridized carbons (Fsp3) is 0.294. The molecule has 0 saturated heterocycles. The number of alkyl halides is 3. The summed E-state index contributed by atoms with van der Waals surface area (Å²) in [6.45, 7) is 2.84. The van der Waals surface area contributed by atoms with E-state index in [1.807, 2.05) is 0 Å². The van der Waals surface area contributed by atoms with E-state index >= 15 is 0 Å². The van der Waals surface area contributed by atoms with Crippen LogP contribution in [0.25, 0.3) is 5.78 Å². The molecule has 0 bridgehead atoms. The number of halogens is 4. The summed E-state index contributed by atoms with van der Waals surface area (Å²) in [5, 5.41) is 6.47. The van der Waals surface area contributed by atoms with Gasteiger partial charge in [-0.25, -0.2) is 23.3 Å². The number of aromatic nitrogens is 4. The molecule has 3 aromatic rings. The third kappa shape index (κ3) is 4.70. The van der Waals surface area contributed by atoms with Crippen LogP contribution in [0.5, 0.6) is 5.75 Å². The number of nitrogens with zero attached hydrogens (tertiary/aromatic N) is 4. The highest BCUT2D eigenvalue weighted by Gasteiger charge is 2.32. The van der Waals surface area contributed by atoms with Crippen LogP contribution in [0.2, 0.25) is 0 Å². The highest BCUT2D eigenvalue weighted by atomic mass is 19.4. The molecular weight excluding hydrogens is 398 g/mol. The smallest absolute Gasteiger partial charge is 0.403 e. The van der Waals surface area contributed by atoms with Crippen molar-refractivity contribution in [1.29, 1.82) is 0 Å². The van der Waals surface area contributed by atoms with Gasteiger partial charge in [0.1, 0.15) is 6.54 Å². The predicted molar refractivity (Wildman–Crippen MR) is 91.6 cm³/mol. The maximum atomic E-state index is 13.8. The number of amides is 1. The van der Waals surface area contributed by atoms with Crippen molar-refractivity contribution in [2.75, 3.05) is 0 Å². The Kier molecular flexibility index (Phi) is 5.27. The average Bonchev–Trinajstić information content (AvgIpc) is 2.91. The Bertz CT molecular complexity index is 1120. The lowest BCUT2D eigenvalue weighted by molar-refractivity contribution is -0.275. The van der Waals surface area contributed by atoms with Crippen molar-refractivity contribution in [2.45, 2.75) is 32.8 Å². The van der Waals surface area contributed by atoms with Crippen LogP contribution in [-0.4, -0.2) is 31.4 Å². The Morgan fingerprint density at radius 1 is 1.34 bits per heavy atom. The van der Waals surface area contributed by atoms with Gasteiger partial charge < -0.3 is 10.1 Å². The Labute approximate surface area is 160 Å². The molecule has 0 radical (unpaired) electrons. The number of hydrogen-bond donors (Lipinski definition) is 1. The van der Waals surface area contributed by atoms with E-state index in [0.29, 0.717) is 0 Å².